The monoisotopic (exact) mass is 484 g/mol. The van der Waals surface area contributed by atoms with Crippen molar-refractivity contribution in [3.05, 3.63) is 0 Å². The molecule has 0 aromatic heterocycles. The van der Waals surface area contributed by atoms with Crippen LogP contribution in [0.2, 0.25) is 0 Å². The summed E-state index contributed by atoms with van der Waals surface area (Å²) in [4.78, 5) is 0. The molecule has 0 radical (unpaired) electrons. The Kier molecular flexibility index (Phi) is 6.56. The van der Waals surface area contributed by atoms with E-state index in [-0.39, 0.29) is 0 Å². The molecule has 0 aromatic carbocycles. The minimum atomic E-state index is -7.56. The number of rotatable bonds is 6. The highest BCUT2D eigenvalue weighted by Gasteiger charge is 2.81. The second-order valence-electron chi connectivity index (χ2n) is 4.46. The molecular formula is C8HClF16O3. The van der Waals surface area contributed by atoms with E-state index < -0.39 is 47.8 Å². The van der Waals surface area contributed by atoms with Crippen molar-refractivity contribution >= 4 is 11.6 Å². The average molecular weight is 485 g/mol. The van der Waals surface area contributed by atoms with Crippen LogP contribution in [-0.2, 0) is 9.47 Å². The van der Waals surface area contributed by atoms with Gasteiger partial charge in [0.15, 0.2) is 0 Å². The highest BCUT2D eigenvalue weighted by molar-refractivity contribution is 6.24. The quantitative estimate of drug-likeness (QED) is 0.325. The fourth-order valence-electron chi connectivity index (χ4n) is 0.928. The molecule has 0 spiro atoms. The van der Waals surface area contributed by atoms with Crippen LogP contribution in [0.25, 0.3) is 0 Å². The van der Waals surface area contributed by atoms with Crippen molar-refractivity contribution in [2.45, 2.75) is 47.8 Å². The number of halogens is 17. The van der Waals surface area contributed by atoms with Crippen LogP contribution in [0.3, 0.4) is 0 Å². The molecule has 0 saturated carbocycles. The second kappa shape index (κ2) is 6.79. The van der Waals surface area contributed by atoms with Gasteiger partial charge in [0, 0.05) is 0 Å². The van der Waals surface area contributed by atoms with Crippen molar-refractivity contribution in [3.63, 3.8) is 0 Å². The Labute approximate surface area is 145 Å². The first-order chi connectivity index (χ1) is 11.7. The van der Waals surface area contributed by atoms with E-state index in [1.807, 2.05) is 0 Å². The topological polar surface area (TPSA) is 38.7 Å². The molecule has 0 heterocycles. The highest BCUT2D eigenvalue weighted by atomic mass is 35.5. The summed E-state index contributed by atoms with van der Waals surface area (Å²) in [5, 5.41) is 1.09. The first kappa shape index (κ1) is 27.0. The summed E-state index contributed by atoms with van der Waals surface area (Å²) in [6.45, 7) is 0. The smallest absolute Gasteiger partial charge is 0.348 e. The zero-order valence-corrected chi connectivity index (χ0v) is 12.4. The molecule has 0 bridgehead atoms. The number of hydrogen-bond acceptors (Lipinski definition) is 3. The van der Waals surface area contributed by atoms with Crippen LogP contribution in [0.4, 0.5) is 70.2 Å². The van der Waals surface area contributed by atoms with Crippen molar-refractivity contribution in [2.75, 3.05) is 0 Å². The summed E-state index contributed by atoms with van der Waals surface area (Å²) >= 11 is 3.55. The minimum Gasteiger partial charge on any atom is -0.348 e. The fourth-order valence-corrected chi connectivity index (χ4v) is 0.967. The lowest BCUT2D eigenvalue weighted by atomic mass is 10.2. The zero-order valence-electron chi connectivity index (χ0n) is 11.7. The van der Waals surface area contributed by atoms with E-state index in [9.17, 15) is 70.2 Å². The van der Waals surface area contributed by atoms with Gasteiger partial charge in [-0.1, -0.05) is 11.6 Å². The first-order valence-electron chi connectivity index (χ1n) is 5.50. The van der Waals surface area contributed by atoms with E-state index >= 15 is 0 Å². The molecule has 1 N–H and O–H groups in total. The maximum absolute atomic E-state index is 13.4. The van der Waals surface area contributed by atoms with Crippen LogP contribution in [0.15, 0.2) is 0 Å². The van der Waals surface area contributed by atoms with Gasteiger partial charge in [0.2, 0.25) is 0 Å². The molecule has 170 valence electrons. The molecule has 0 saturated heterocycles. The third kappa shape index (κ3) is 4.61. The minimum absolute atomic E-state index is 1.46. The van der Waals surface area contributed by atoms with E-state index in [0.29, 0.717) is 0 Å². The van der Waals surface area contributed by atoms with Crippen molar-refractivity contribution in [1.82, 2.24) is 0 Å². The summed E-state index contributed by atoms with van der Waals surface area (Å²) in [6, 6.07) is -7.47. The maximum atomic E-state index is 13.4. The van der Waals surface area contributed by atoms with Crippen LogP contribution in [0, 0.1) is 0 Å². The molecule has 3 nitrogen and oxygen atoms in total. The van der Waals surface area contributed by atoms with Crippen LogP contribution in [-0.4, -0.2) is 52.9 Å². The molecule has 3 atom stereocenters. The molecule has 0 aromatic rings. The van der Waals surface area contributed by atoms with Gasteiger partial charge in [-0.05, 0) is 0 Å². The molecule has 0 aliphatic carbocycles. The zero-order chi connectivity index (χ0) is 23.4. The Morgan fingerprint density at radius 2 is 0.821 bits per heavy atom. The normalized spacial score (nSPS) is 21.6. The van der Waals surface area contributed by atoms with Gasteiger partial charge in [-0.15, -0.1) is 0 Å². The molecule has 0 aliphatic heterocycles. The van der Waals surface area contributed by atoms with E-state index in [4.69, 9.17) is 5.11 Å². The lowest BCUT2D eigenvalue weighted by molar-refractivity contribution is -0.572. The van der Waals surface area contributed by atoms with Crippen molar-refractivity contribution in [1.29, 1.82) is 0 Å². The Morgan fingerprint density at radius 1 is 0.500 bits per heavy atom. The average Bonchev–Trinajstić information content (AvgIpc) is 2.32. The van der Waals surface area contributed by atoms with Crippen LogP contribution < -0.4 is 0 Å². The number of aliphatic hydroxyl groups is 1. The van der Waals surface area contributed by atoms with E-state index in [1.54, 1.807) is 0 Å². The number of hydrogen-bond donors (Lipinski definition) is 1. The molecule has 3 unspecified atom stereocenters. The molecule has 0 aliphatic rings. The van der Waals surface area contributed by atoms with E-state index in [0.717, 1.165) is 0 Å². The van der Waals surface area contributed by atoms with Crippen molar-refractivity contribution in [3.8, 4) is 0 Å². The predicted molar refractivity (Wildman–Crippen MR) is 49.8 cm³/mol. The second-order valence-corrected chi connectivity index (χ2v) is 4.98. The Morgan fingerprint density at radius 3 is 1.07 bits per heavy atom. The molecule has 0 amide bonds. The molecule has 0 rings (SSSR count). The molecular weight excluding hydrogens is 484 g/mol. The third-order valence-electron chi connectivity index (χ3n) is 2.34. The van der Waals surface area contributed by atoms with Gasteiger partial charge in [-0.3, -0.25) is 0 Å². The van der Waals surface area contributed by atoms with Gasteiger partial charge < -0.3 is 5.11 Å². The van der Waals surface area contributed by atoms with Crippen molar-refractivity contribution < 1.29 is 84.8 Å². The Balaban J connectivity index is 6.28. The first-order valence-corrected chi connectivity index (χ1v) is 5.88. The SMILES string of the molecule is OC(F)(C(F)(F)F)C(F)(F)OC(F)(OC(F)(F)C(F)(Cl)C(F)(F)F)C(F)(F)F. The van der Waals surface area contributed by atoms with E-state index in [1.165, 1.54) is 9.47 Å². The van der Waals surface area contributed by atoms with Gasteiger partial charge >= 0.3 is 47.8 Å². The predicted octanol–water partition coefficient (Wildman–Crippen LogP) is 5.08. The summed E-state index contributed by atoms with van der Waals surface area (Å²) in [6.07, 6.45) is -36.7. The molecule has 0 fully saturated rings. The van der Waals surface area contributed by atoms with Gasteiger partial charge in [0.1, 0.15) is 0 Å². The van der Waals surface area contributed by atoms with Gasteiger partial charge in [-0.25, -0.2) is 13.9 Å². The standard InChI is InChI=1S/C8HClF16O3/c9-1(10,3(12,13)14)6(21,22)27-8(25,5(18,19)20)28-7(23,24)2(11,26)4(15,16)17/h26H. The Hall–Kier alpha value is -0.950. The molecule has 28 heavy (non-hydrogen) atoms. The lowest BCUT2D eigenvalue weighted by Crippen LogP contribution is -2.65. The Bertz CT molecular complexity index is 520. The van der Waals surface area contributed by atoms with Gasteiger partial charge in [0.05, 0.1) is 0 Å². The summed E-state index contributed by atoms with van der Waals surface area (Å²) < 4.78 is 202. The van der Waals surface area contributed by atoms with Crippen LogP contribution in [0.1, 0.15) is 0 Å². The van der Waals surface area contributed by atoms with E-state index in [2.05, 4.69) is 11.6 Å². The summed E-state index contributed by atoms with van der Waals surface area (Å²) in [7, 11) is 0. The maximum Gasteiger partial charge on any atom is 0.478 e. The largest absolute Gasteiger partial charge is 0.478 e. The fraction of sp³-hybridized carbons (Fsp3) is 1.00. The number of alkyl halides is 17. The van der Waals surface area contributed by atoms with Crippen LogP contribution >= 0.6 is 11.6 Å². The molecule has 20 heteroatoms. The van der Waals surface area contributed by atoms with Crippen molar-refractivity contribution in [2.24, 2.45) is 0 Å². The highest BCUT2D eigenvalue weighted by Crippen LogP contribution is 2.55. The van der Waals surface area contributed by atoms with Gasteiger partial charge in [-0.2, -0.15) is 65.9 Å². The summed E-state index contributed by atoms with van der Waals surface area (Å²) in [5.74, 6) is -7.22. The summed E-state index contributed by atoms with van der Waals surface area (Å²) in [5.41, 5.74) is 0. The van der Waals surface area contributed by atoms with Gasteiger partial charge in [0.25, 0.3) is 0 Å². The third-order valence-corrected chi connectivity index (χ3v) is 2.77. The number of ether oxygens (including phenoxy) is 2. The lowest BCUT2D eigenvalue weighted by Gasteiger charge is -2.38. The van der Waals surface area contributed by atoms with Crippen LogP contribution in [0.5, 0.6) is 0 Å².